The number of aliphatic carboxylic acids is 1. The Morgan fingerprint density at radius 1 is 1.33 bits per heavy atom. The predicted molar refractivity (Wildman–Crippen MR) is 59.5 cm³/mol. The highest BCUT2D eigenvalue weighted by atomic mass is 16.4. The van der Waals surface area contributed by atoms with Crippen molar-refractivity contribution in [1.29, 1.82) is 0 Å². The van der Waals surface area contributed by atoms with Crippen molar-refractivity contribution in [2.75, 3.05) is 19.6 Å². The second-order valence-corrected chi connectivity index (χ2v) is 3.59. The van der Waals surface area contributed by atoms with Crippen molar-refractivity contribution >= 4 is 23.8 Å². The molecule has 0 aromatic carbocycles. The number of carbonyl (C=O) groups excluding carboxylic acids is 3. The van der Waals surface area contributed by atoms with E-state index in [0.717, 1.165) is 6.08 Å². The molecule has 0 radical (unpaired) electrons. The lowest BCUT2D eigenvalue weighted by atomic mass is 10.4. The zero-order chi connectivity index (χ0) is 13.5. The van der Waals surface area contributed by atoms with Gasteiger partial charge in [0.05, 0.1) is 0 Å². The van der Waals surface area contributed by atoms with Crippen molar-refractivity contribution in [3.8, 4) is 0 Å². The van der Waals surface area contributed by atoms with Gasteiger partial charge >= 0.3 is 12.0 Å². The van der Waals surface area contributed by atoms with Gasteiger partial charge in [-0.15, -0.1) is 0 Å². The van der Waals surface area contributed by atoms with E-state index >= 15 is 0 Å². The third kappa shape index (κ3) is 4.64. The summed E-state index contributed by atoms with van der Waals surface area (Å²) in [7, 11) is 0. The molecule has 0 spiro atoms. The second-order valence-electron chi connectivity index (χ2n) is 3.59. The van der Waals surface area contributed by atoms with Gasteiger partial charge in [0.15, 0.2) is 0 Å². The lowest BCUT2D eigenvalue weighted by Gasteiger charge is -2.18. The third-order valence-electron chi connectivity index (χ3n) is 2.16. The van der Waals surface area contributed by atoms with Gasteiger partial charge < -0.3 is 15.3 Å². The molecule has 4 amide bonds. The number of carboxylic acid groups (broad SMARTS) is 1. The molecule has 1 fully saturated rings. The quantitative estimate of drug-likeness (QED) is 0.529. The molecule has 0 aromatic rings. The van der Waals surface area contributed by atoms with Crippen molar-refractivity contribution < 1.29 is 24.3 Å². The molecular formula is C10H13N3O5. The number of hydrogen-bond acceptors (Lipinski definition) is 4. The van der Waals surface area contributed by atoms with Gasteiger partial charge in [-0.1, -0.05) is 0 Å². The molecule has 1 heterocycles. The van der Waals surface area contributed by atoms with Crippen LogP contribution in [-0.2, 0) is 14.4 Å². The summed E-state index contributed by atoms with van der Waals surface area (Å²) in [6.07, 6.45) is 1.95. The average molecular weight is 255 g/mol. The van der Waals surface area contributed by atoms with Gasteiger partial charge in [0.1, 0.15) is 6.54 Å². The Labute approximate surface area is 103 Å². The number of carbonyl (C=O) groups is 4. The highest BCUT2D eigenvalue weighted by molar-refractivity contribution is 6.03. The van der Waals surface area contributed by atoms with Crippen molar-refractivity contribution in [3.63, 3.8) is 0 Å². The number of urea groups is 1. The van der Waals surface area contributed by atoms with Crippen LogP contribution in [0.4, 0.5) is 4.79 Å². The van der Waals surface area contributed by atoms with E-state index in [4.69, 9.17) is 5.11 Å². The molecule has 0 aromatic heterocycles. The first kappa shape index (κ1) is 13.7. The standard InChI is InChI=1S/C10H13N3O5/c14-7(2-3-9(16)17)12-10(18)13-5-1-4-11-8(15)6-13/h2-3H,1,4-6H2,(H,11,15)(H,16,17)(H,12,14,18). The molecule has 0 unspecified atom stereocenters. The SMILES string of the molecule is O=C(O)C=CC(=O)NC(=O)N1CCCNC(=O)C1. The minimum Gasteiger partial charge on any atom is -0.478 e. The smallest absolute Gasteiger partial charge is 0.328 e. The lowest BCUT2D eigenvalue weighted by molar-refractivity contribution is -0.131. The van der Waals surface area contributed by atoms with Gasteiger partial charge in [0.2, 0.25) is 5.91 Å². The van der Waals surface area contributed by atoms with Crippen LogP contribution in [-0.4, -0.2) is 53.5 Å². The number of imide groups is 1. The van der Waals surface area contributed by atoms with Gasteiger partial charge in [0.25, 0.3) is 5.91 Å². The number of nitrogens with one attached hydrogen (secondary N) is 2. The van der Waals surface area contributed by atoms with E-state index in [-0.39, 0.29) is 12.5 Å². The fraction of sp³-hybridized carbons (Fsp3) is 0.400. The van der Waals surface area contributed by atoms with Crippen molar-refractivity contribution in [1.82, 2.24) is 15.5 Å². The maximum Gasteiger partial charge on any atom is 0.328 e. The molecule has 8 nitrogen and oxygen atoms in total. The lowest BCUT2D eigenvalue weighted by Crippen LogP contribution is -2.45. The molecule has 1 rings (SSSR count). The fourth-order valence-electron chi connectivity index (χ4n) is 1.35. The highest BCUT2D eigenvalue weighted by Crippen LogP contribution is 1.96. The van der Waals surface area contributed by atoms with Crippen molar-refractivity contribution in [3.05, 3.63) is 12.2 Å². The normalized spacial score (nSPS) is 16.0. The second kappa shape index (κ2) is 6.38. The van der Waals surface area contributed by atoms with E-state index in [1.54, 1.807) is 0 Å². The zero-order valence-corrected chi connectivity index (χ0v) is 9.51. The van der Waals surface area contributed by atoms with Gasteiger partial charge in [0, 0.05) is 25.2 Å². The van der Waals surface area contributed by atoms with Crippen LogP contribution in [0.1, 0.15) is 6.42 Å². The monoisotopic (exact) mass is 255 g/mol. The molecule has 1 aliphatic heterocycles. The molecule has 3 N–H and O–H groups in total. The first-order valence-corrected chi connectivity index (χ1v) is 5.26. The molecular weight excluding hydrogens is 242 g/mol. The zero-order valence-electron chi connectivity index (χ0n) is 9.51. The summed E-state index contributed by atoms with van der Waals surface area (Å²) in [5, 5.41) is 12.9. The summed E-state index contributed by atoms with van der Waals surface area (Å²) < 4.78 is 0. The maximum atomic E-state index is 11.6. The van der Waals surface area contributed by atoms with E-state index in [9.17, 15) is 19.2 Å². The van der Waals surface area contributed by atoms with Crippen LogP contribution in [0.3, 0.4) is 0 Å². The molecule has 18 heavy (non-hydrogen) atoms. The highest BCUT2D eigenvalue weighted by Gasteiger charge is 2.20. The van der Waals surface area contributed by atoms with E-state index in [1.807, 2.05) is 5.32 Å². The summed E-state index contributed by atoms with van der Waals surface area (Å²) in [6.45, 7) is 0.706. The number of nitrogens with zero attached hydrogens (tertiary/aromatic N) is 1. The van der Waals surface area contributed by atoms with Crippen LogP contribution < -0.4 is 10.6 Å². The minimum atomic E-state index is -1.29. The van der Waals surface area contributed by atoms with Crippen LogP contribution >= 0.6 is 0 Å². The number of amides is 4. The van der Waals surface area contributed by atoms with Crippen LogP contribution in [0.25, 0.3) is 0 Å². The molecule has 1 saturated heterocycles. The van der Waals surface area contributed by atoms with E-state index in [1.165, 1.54) is 4.90 Å². The summed E-state index contributed by atoms with van der Waals surface area (Å²) >= 11 is 0. The largest absolute Gasteiger partial charge is 0.478 e. The van der Waals surface area contributed by atoms with Gasteiger partial charge in [-0.25, -0.2) is 9.59 Å². The predicted octanol–water partition coefficient (Wildman–Crippen LogP) is -1.31. The Hall–Kier alpha value is -2.38. The van der Waals surface area contributed by atoms with Gasteiger partial charge in [-0.2, -0.15) is 0 Å². The van der Waals surface area contributed by atoms with Gasteiger partial charge in [-0.3, -0.25) is 14.9 Å². The first-order chi connectivity index (χ1) is 8.49. The van der Waals surface area contributed by atoms with Crippen molar-refractivity contribution in [2.24, 2.45) is 0 Å². The number of hydrogen-bond donors (Lipinski definition) is 3. The van der Waals surface area contributed by atoms with Crippen LogP contribution in [0.5, 0.6) is 0 Å². The summed E-state index contributed by atoms with van der Waals surface area (Å²) in [6, 6.07) is -0.716. The summed E-state index contributed by atoms with van der Waals surface area (Å²) in [4.78, 5) is 45.3. The Balaban J connectivity index is 2.51. The van der Waals surface area contributed by atoms with E-state index in [0.29, 0.717) is 25.6 Å². The third-order valence-corrected chi connectivity index (χ3v) is 2.16. The Kier molecular flexibility index (Phi) is 4.85. The van der Waals surface area contributed by atoms with Crippen LogP contribution in [0.2, 0.25) is 0 Å². The van der Waals surface area contributed by atoms with Crippen LogP contribution in [0, 0.1) is 0 Å². The molecule has 0 saturated carbocycles. The summed E-state index contributed by atoms with van der Waals surface area (Å²) in [5.41, 5.74) is 0. The van der Waals surface area contributed by atoms with Crippen LogP contribution in [0.15, 0.2) is 12.2 Å². The summed E-state index contributed by atoms with van der Waals surface area (Å²) in [5.74, 6) is -2.42. The molecule has 0 bridgehead atoms. The number of carboxylic acids is 1. The average Bonchev–Trinajstić information content (AvgIpc) is 2.51. The fourth-order valence-corrected chi connectivity index (χ4v) is 1.35. The topological polar surface area (TPSA) is 116 Å². The molecule has 8 heteroatoms. The first-order valence-electron chi connectivity index (χ1n) is 5.26. The van der Waals surface area contributed by atoms with E-state index in [2.05, 4.69) is 5.32 Å². The minimum absolute atomic E-state index is 0.123. The Morgan fingerprint density at radius 3 is 2.72 bits per heavy atom. The molecule has 1 aliphatic rings. The van der Waals surface area contributed by atoms with Gasteiger partial charge in [-0.05, 0) is 6.42 Å². The molecule has 98 valence electrons. The molecule has 0 atom stereocenters. The Morgan fingerprint density at radius 2 is 2.06 bits per heavy atom. The molecule has 0 aliphatic carbocycles. The van der Waals surface area contributed by atoms with E-state index < -0.39 is 17.9 Å². The van der Waals surface area contributed by atoms with Crippen molar-refractivity contribution in [2.45, 2.75) is 6.42 Å². The Bertz CT molecular complexity index is 404. The number of rotatable bonds is 2. The maximum absolute atomic E-state index is 11.6.